The molecule has 0 aliphatic carbocycles. The number of carbonyl (C=O) groups excluding carboxylic acids is 1. The molecule has 1 amide bonds. The van der Waals surface area contributed by atoms with Crippen molar-refractivity contribution in [2.24, 2.45) is 0 Å². The van der Waals surface area contributed by atoms with Gasteiger partial charge in [0.2, 0.25) is 5.91 Å². The number of anilines is 2. The number of para-hydroxylation sites is 1. The maximum Gasteiger partial charge on any atom is 0.243 e. The molecule has 104 valence electrons. The maximum atomic E-state index is 11.9. The molecule has 0 fully saturated rings. The number of hydrogen-bond donors (Lipinski definition) is 2. The fourth-order valence-corrected chi connectivity index (χ4v) is 2.35. The Morgan fingerprint density at radius 1 is 1.15 bits per heavy atom. The van der Waals surface area contributed by atoms with E-state index in [2.05, 4.69) is 39.6 Å². The zero-order valence-electron chi connectivity index (χ0n) is 11.3. The predicted molar refractivity (Wildman–Crippen MR) is 87.1 cm³/mol. The highest BCUT2D eigenvalue weighted by Crippen LogP contribution is 2.16. The summed E-state index contributed by atoms with van der Waals surface area (Å²) in [5.41, 5.74) is 3.01. The third-order valence-electron chi connectivity index (χ3n) is 2.95. The minimum atomic E-state index is -0.0611. The van der Waals surface area contributed by atoms with Crippen LogP contribution in [0.5, 0.6) is 0 Å². The summed E-state index contributed by atoms with van der Waals surface area (Å²) in [6, 6.07) is 15.6. The molecular weight excluding hydrogens is 316 g/mol. The monoisotopic (exact) mass is 332 g/mol. The Morgan fingerprint density at radius 2 is 1.95 bits per heavy atom. The van der Waals surface area contributed by atoms with Crippen molar-refractivity contribution in [2.45, 2.75) is 13.3 Å². The van der Waals surface area contributed by atoms with Gasteiger partial charge in [0.05, 0.1) is 6.54 Å². The molecule has 20 heavy (non-hydrogen) atoms. The summed E-state index contributed by atoms with van der Waals surface area (Å²) in [5.74, 6) is -0.0611. The Bertz CT molecular complexity index is 599. The molecule has 2 rings (SSSR count). The van der Waals surface area contributed by atoms with Gasteiger partial charge < -0.3 is 10.6 Å². The maximum absolute atomic E-state index is 11.9. The number of rotatable bonds is 5. The van der Waals surface area contributed by atoms with E-state index in [4.69, 9.17) is 0 Å². The lowest BCUT2D eigenvalue weighted by molar-refractivity contribution is -0.114. The molecule has 2 aromatic rings. The second-order valence-electron chi connectivity index (χ2n) is 4.42. The van der Waals surface area contributed by atoms with Gasteiger partial charge in [-0.1, -0.05) is 47.1 Å². The zero-order valence-corrected chi connectivity index (χ0v) is 12.9. The van der Waals surface area contributed by atoms with Crippen LogP contribution >= 0.6 is 15.9 Å². The Morgan fingerprint density at radius 3 is 2.70 bits per heavy atom. The molecule has 0 saturated carbocycles. The van der Waals surface area contributed by atoms with Gasteiger partial charge in [0.15, 0.2) is 0 Å². The van der Waals surface area contributed by atoms with Crippen LogP contribution < -0.4 is 10.6 Å². The molecule has 0 aliphatic heterocycles. The number of carbonyl (C=O) groups is 1. The van der Waals surface area contributed by atoms with Gasteiger partial charge in [0.1, 0.15) is 0 Å². The van der Waals surface area contributed by atoms with Crippen LogP contribution in [0.1, 0.15) is 12.5 Å². The first-order chi connectivity index (χ1) is 9.69. The largest absolute Gasteiger partial charge is 0.376 e. The van der Waals surface area contributed by atoms with Crippen molar-refractivity contribution in [1.29, 1.82) is 0 Å². The average molecular weight is 333 g/mol. The molecule has 0 aliphatic rings. The standard InChI is InChI=1S/C16H17BrN2O/c1-2-12-6-3-4-9-15(12)18-11-16(20)19-14-8-5-7-13(17)10-14/h3-10,18H,2,11H2,1H3,(H,19,20). The van der Waals surface area contributed by atoms with E-state index >= 15 is 0 Å². The van der Waals surface area contributed by atoms with E-state index in [0.29, 0.717) is 0 Å². The third kappa shape index (κ3) is 4.10. The molecule has 0 heterocycles. The van der Waals surface area contributed by atoms with Crippen molar-refractivity contribution in [3.05, 3.63) is 58.6 Å². The van der Waals surface area contributed by atoms with E-state index in [9.17, 15) is 4.79 Å². The van der Waals surface area contributed by atoms with Gasteiger partial charge in [0.25, 0.3) is 0 Å². The molecule has 0 radical (unpaired) electrons. The molecule has 0 atom stereocenters. The summed E-state index contributed by atoms with van der Waals surface area (Å²) < 4.78 is 0.944. The molecular formula is C16H17BrN2O. The summed E-state index contributed by atoms with van der Waals surface area (Å²) in [5, 5.41) is 6.03. The second kappa shape index (κ2) is 7.10. The van der Waals surface area contributed by atoms with Gasteiger partial charge in [-0.15, -0.1) is 0 Å². The fourth-order valence-electron chi connectivity index (χ4n) is 1.95. The molecule has 2 aromatic carbocycles. The second-order valence-corrected chi connectivity index (χ2v) is 5.34. The molecule has 0 unspecified atom stereocenters. The van der Waals surface area contributed by atoms with Gasteiger partial charge in [-0.3, -0.25) is 4.79 Å². The highest BCUT2D eigenvalue weighted by molar-refractivity contribution is 9.10. The lowest BCUT2D eigenvalue weighted by atomic mass is 10.1. The zero-order chi connectivity index (χ0) is 14.4. The van der Waals surface area contributed by atoms with Gasteiger partial charge in [-0.05, 0) is 36.2 Å². The van der Waals surface area contributed by atoms with Crippen molar-refractivity contribution < 1.29 is 4.79 Å². The lowest BCUT2D eigenvalue weighted by Crippen LogP contribution is -2.22. The lowest BCUT2D eigenvalue weighted by Gasteiger charge is -2.11. The van der Waals surface area contributed by atoms with Gasteiger partial charge in [-0.25, -0.2) is 0 Å². The van der Waals surface area contributed by atoms with Crippen molar-refractivity contribution >= 4 is 33.2 Å². The third-order valence-corrected chi connectivity index (χ3v) is 3.44. The molecule has 2 N–H and O–H groups in total. The van der Waals surface area contributed by atoms with Crippen LogP contribution in [0.4, 0.5) is 11.4 Å². The van der Waals surface area contributed by atoms with E-state index in [-0.39, 0.29) is 12.5 Å². The van der Waals surface area contributed by atoms with Crippen LogP contribution in [-0.4, -0.2) is 12.5 Å². The summed E-state index contributed by atoms with van der Waals surface area (Å²) in [4.78, 5) is 11.9. The number of nitrogens with one attached hydrogen (secondary N) is 2. The Balaban J connectivity index is 1.92. The van der Waals surface area contributed by atoms with Gasteiger partial charge >= 0.3 is 0 Å². The number of aryl methyl sites for hydroxylation is 1. The minimum absolute atomic E-state index is 0.0611. The van der Waals surface area contributed by atoms with Crippen molar-refractivity contribution in [1.82, 2.24) is 0 Å². The first-order valence-electron chi connectivity index (χ1n) is 6.56. The van der Waals surface area contributed by atoms with E-state index in [1.807, 2.05) is 42.5 Å². The molecule has 0 saturated heterocycles. The summed E-state index contributed by atoms with van der Waals surface area (Å²) in [6.45, 7) is 2.35. The quantitative estimate of drug-likeness (QED) is 0.866. The number of benzene rings is 2. The minimum Gasteiger partial charge on any atom is -0.376 e. The molecule has 0 spiro atoms. The first kappa shape index (κ1) is 14.6. The first-order valence-corrected chi connectivity index (χ1v) is 7.35. The molecule has 0 bridgehead atoms. The Kier molecular flexibility index (Phi) is 5.18. The Hall–Kier alpha value is -1.81. The van der Waals surface area contributed by atoms with Crippen LogP contribution in [0.3, 0.4) is 0 Å². The number of halogens is 1. The van der Waals surface area contributed by atoms with Crippen molar-refractivity contribution in [3.8, 4) is 0 Å². The smallest absolute Gasteiger partial charge is 0.243 e. The van der Waals surface area contributed by atoms with Crippen LogP contribution in [0, 0.1) is 0 Å². The van der Waals surface area contributed by atoms with Crippen LogP contribution in [0.15, 0.2) is 53.0 Å². The van der Waals surface area contributed by atoms with E-state index in [1.165, 1.54) is 5.56 Å². The average Bonchev–Trinajstić information content (AvgIpc) is 2.45. The highest BCUT2D eigenvalue weighted by atomic mass is 79.9. The summed E-state index contributed by atoms with van der Waals surface area (Å²) in [6.07, 6.45) is 0.941. The van der Waals surface area contributed by atoms with Crippen LogP contribution in [-0.2, 0) is 11.2 Å². The Labute approximate surface area is 127 Å². The predicted octanol–water partition coefficient (Wildman–Crippen LogP) is 4.06. The summed E-state index contributed by atoms with van der Waals surface area (Å²) in [7, 11) is 0. The molecule has 3 nitrogen and oxygen atoms in total. The van der Waals surface area contributed by atoms with Crippen molar-refractivity contribution in [2.75, 3.05) is 17.2 Å². The van der Waals surface area contributed by atoms with Gasteiger partial charge in [0, 0.05) is 15.8 Å². The van der Waals surface area contributed by atoms with Crippen molar-refractivity contribution in [3.63, 3.8) is 0 Å². The van der Waals surface area contributed by atoms with Gasteiger partial charge in [-0.2, -0.15) is 0 Å². The fraction of sp³-hybridized carbons (Fsp3) is 0.188. The SMILES string of the molecule is CCc1ccccc1NCC(=O)Nc1cccc(Br)c1. The molecule has 0 aromatic heterocycles. The normalized spacial score (nSPS) is 10.1. The highest BCUT2D eigenvalue weighted by Gasteiger charge is 2.04. The van der Waals surface area contributed by atoms with E-state index < -0.39 is 0 Å². The van der Waals surface area contributed by atoms with E-state index in [0.717, 1.165) is 22.3 Å². The number of hydrogen-bond acceptors (Lipinski definition) is 2. The molecule has 4 heteroatoms. The van der Waals surface area contributed by atoms with Crippen LogP contribution in [0.25, 0.3) is 0 Å². The number of amides is 1. The van der Waals surface area contributed by atoms with Crippen LogP contribution in [0.2, 0.25) is 0 Å². The summed E-state index contributed by atoms with van der Waals surface area (Å²) >= 11 is 3.38. The van der Waals surface area contributed by atoms with E-state index in [1.54, 1.807) is 0 Å². The topological polar surface area (TPSA) is 41.1 Å².